The Bertz CT molecular complexity index is 322. The Balaban J connectivity index is 1.90. The van der Waals surface area contributed by atoms with Gasteiger partial charge in [-0.15, -0.1) is 0 Å². The summed E-state index contributed by atoms with van der Waals surface area (Å²) in [5, 5.41) is 11.8. The SMILES string of the molecule is COC1CNC(C(=O)N(CCC#N)C2CC2)C1. The van der Waals surface area contributed by atoms with Crippen molar-refractivity contribution in [3.05, 3.63) is 0 Å². The second kappa shape index (κ2) is 5.48. The Morgan fingerprint density at radius 3 is 2.88 bits per heavy atom. The lowest BCUT2D eigenvalue weighted by atomic mass is 10.1. The van der Waals surface area contributed by atoms with E-state index in [1.54, 1.807) is 7.11 Å². The fourth-order valence-corrected chi connectivity index (χ4v) is 2.30. The Hall–Kier alpha value is -1.12. The van der Waals surface area contributed by atoms with Crippen molar-refractivity contribution in [3.63, 3.8) is 0 Å². The van der Waals surface area contributed by atoms with Gasteiger partial charge in [0.1, 0.15) is 0 Å². The molecule has 2 fully saturated rings. The molecule has 1 aliphatic carbocycles. The molecule has 94 valence electrons. The van der Waals surface area contributed by atoms with Gasteiger partial charge >= 0.3 is 0 Å². The third-order valence-corrected chi connectivity index (χ3v) is 3.46. The number of hydrogen-bond acceptors (Lipinski definition) is 4. The number of nitriles is 1. The van der Waals surface area contributed by atoms with E-state index in [9.17, 15) is 4.79 Å². The van der Waals surface area contributed by atoms with Crippen molar-refractivity contribution in [2.45, 2.75) is 43.9 Å². The maximum Gasteiger partial charge on any atom is 0.240 e. The molecule has 0 radical (unpaired) electrons. The molecule has 1 heterocycles. The van der Waals surface area contributed by atoms with Gasteiger partial charge in [0.2, 0.25) is 5.91 Å². The van der Waals surface area contributed by atoms with Gasteiger partial charge in [-0.05, 0) is 19.3 Å². The minimum Gasteiger partial charge on any atom is -0.380 e. The number of nitrogens with zero attached hydrogens (tertiary/aromatic N) is 2. The van der Waals surface area contributed by atoms with Crippen LogP contribution in [0, 0.1) is 11.3 Å². The van der Waals surface area contributed by atoms with Crippen LogP contribution in [-0.4, -0.2) is 49.2 Å². The second-order valence-electron chi connectivity index (χ2n) is 4.73. The Morgan fingerprint density at radius 1 is 1.59 bits per heavy atom. The zero-order valence-electron chi connectivity index (χ0n) is 10.2. The largest absolute Gasteiger partial charge is 0.380 e. The summed E-state index contributed by atoms with van der Waals surface area (Å²) in [6, 6.07) is 2.36. The first-order chi connectivity index (χ1) is 8.26. The van der Waals surface area contributed by atoms with Crippen LogP contribution in [0.1, 0.15) is 25.7 Å². The van der Waals surface area contributed by atoms with Crippen LogP contribution in [0.5, 0.6) is 0 Å². The average Bonchev–Trinajstić information content (AvgIpc) is 3.06. The summed E-state index contributed by atoms with van der Waals surface area (Å²) in [4.78, 5) is 14.2. The number of ether oxygens (including phenoxy) is 1. The maximum absolute atomic E-state index is 12.3. The molecular formula is C12H19N3O2. The molecule has 0 aromatic rings. The molecule has 5 nitrogen and oxygen atoms in total. The zero-order valence-corrected chi connectivity index (χ0v) is 10.2. The number of carbonyl (C=O) groups is 1. The van der Waals surface area contributed by atoms with Crippen LogP contribution in [0.2, 0.25) is 0 Å². The van der Waals surface area contributed by atoms with Gasteiger partial charge in [-0.25, -0.2) is 0 Å². The van der Waals surface area contributed by atoms with Crippen molar-refractivity contribution in [1.29, 1.82) is 5.26 Å². The Kier molecular flexibility index (Phi) is 3.97. The Morgan fingerprint density at radius 2 is 2.35 bits per heavy atom. The quantitative estimate of drug-likeness (QED) is 0.745. The van der Waals surface area contributed by atoms with E-state index >= 15 is 0 Å². The highest BCUT2D eigenvalue weighted by molar-refractivity contribution is 5.83. The van der Waals surface area contributed by atoms with Gasteiger partial charge in [0.25, 0.3) is 0 Å². The smallest absolute Gasteiger partial charge is 0.240 e. The fraction of sp³-hybridized carbons (Fsp3) is 0.833. The van der Waals surface area contributed by atoms with Gasteiger partial charge in [-0.3, -0.25) is 4.79 Å². The minimum atomic E-state index is -0.126. The Labute approximate surface area is 102 Å². The molecule has 5 heteroatoms. The van der Waals surface area contributed by atoms with Crippen molar-refractivity contribution >= 4 is 5.91 Å². The normalized spacial score (nSPS) is 27.8. The van der Waals surface area contributed by atoms with Crippen LogP contribution in [0.15, 0.2) is 0 Å². The zero-order chi connectivity index (χ0) is 12.3. The molecule has 0 spiro atoms. The predicted octanol–water partition coefficient (Wildman–Crippen LogP) is 0.268. The molecule has 1 aliphatic heterocycles. The summed E-state index contributed by atoms with van der Waals surface area (Å²) < 4.78 is 5.24. The topological polar surface area (TPSA) is 65.4 Å². The summed E-state index contributed by atoms with van der Waals surface area (Å²) in [5.74, 6) is 0.141. The molecule has 1 N–H and O–H groups in total. The van der Waals surface area contributed by atoms with E-state index in [0.717, 1.165) is 25.8 Å². The lowest BCUT2D eigenvalue weighted by molar-refractivity contribution is -0.133. The first-order valence-electron chi connectivity index (χ1n) is 6.20. The summed E-state index contributed by atoms with van der Waals surface area (Å²) in [7, 11) is 1.67. The third kappa shape index (κ3) is 2.96. The van der Waals surface area contributed by atoms with E-state index in [1.165, 1.54) is 0 Å². The number of methoxy groups -OCH3 is 1. The van der Waals surface area contributed by atoms with E-state index in [-0.39, 0.29) is 18.1 Å². The van der Waals surface area contributed by atoms with Gasteiger partial charge in [0.05, 0.1) is 24.6 Å². The molecule has 0 bridgehead atoms. The van der Waals surface area contributed by atoms with Gasteiger partial charge < -0.3 is 15.0 Å². The summed E-state index contributed by atoms with van der Waals surface area (Å²) >= 11 is 0. The van der Waals surface area contributed by atoms with E-state index in [4.69, 9.17) is 10.00 Å². The van der Waals surface area contributed by atoms with Crippen LogP contribution >= 0.6 is 0 Å². The number of rotatable bonds is 5. The van der Waals surface area contributed by atoms with E-state index < -0.39 is 0 Å². The number of carbonyl (C=O) groups excluding carboxylic acids is 1. The van der Waals surface area contributed by atoms with Crippen molar-refractivity contribution in [1.82, 2.24) is 10.2 Å². The molecule has 2 rings (SSSR count). The van der Waals surface area contributed by atoms with Crippen LogP contribution < -0.4 is 5.32 Å². The molecule has 1 saturated heterocycles. The van der Waals surface area contributed by atoms with Crippen LogP contribution in [0.4, 0.5) is 0 Å². The summed E-state index contributed by atoms with van der Waals surface area (Å²) in [6.45, 7) is 1.31. The van der Waals surface area contributed by atoms with Gasteiger partial charge in [0, 0.05) is 26.2 Å². The third-order valence-electron chi connectivity index (χ3n) is 3.46. The van der Waals surface area contributed by atoms with Gasteiger partial charge in [-0.2, -0.15) is 5.26 Å². The second-order valence-corrected chi connectivity index (χ2v) is 4.73. The number of amides is 1. The standard InChI is InChI=1S/C12H19N3O2/c1-17-10-7-11(14-8-10)12(16)15(6-2-5-13)9-3-4-9/h9-11,14H,2-4,6-8H2,1H3. The van der Waals surface area contributed by atoms with E-state index in [0.29, 0.717) is 19.0 Å². The van der Waals surface area contributed by atoms with Crippen molar-refractivity contribution in [3.8, 4) is 6.07 Å². The van der Waals surface area contributed by atoms with E-state index in [1.807, 2.05) is 4.90 Å². The van der Waals surface area contributed by atoms with Crippen molar-refractivity contribution < 1.29 is 9.53 Å². The fourth-order valence-electron chi connectivity index (χ4n) is 2.30. The maximum atomic E-state index is 12.3. The predicted molar refractivity (Wildman–Crippen MR) is 62.2 cm³/mol. The first kappa shape index (κ1) is 12.3. The number of nitrogens with one attached hydrogen (secondary N) is 1. The summed E-state index contributed by atoms with van der Waals surface area (Å²) in [6.07, 6.45) is 3.46. The monoisotopic (exact) mass is 237 g/mol. The highest BCUT2D eigenvalue weighted by Gasteiger charge is 2.38. The van der Waals surface area contributed by atoms with E-state index in [2.05, 4.69) is 11.4 Å². The average molecular weight is 237 g/mol. The van der Waals surface area contributed by atoms with Crippen molar-refractivity contribution in [2.24, 2.45) is 0 Å². The van der Waals surface area contributed by atoms with Crippen LogP contribution in [0.3, 0.4) is 0 Å². The molecule has 17 heavy (non-hydrogen) atoms. The lowest BCUT2D eigenvalue weighted by Gasteiger charge is -2.24. The first-order valence-corrected chi connectivity index (χ1v) is 6.20. The van der Waals surface area contributed by atoms with Gasteiger partial charge in [-0.1, -0.05) is 0 Å². The lowest BCUT2D eigenvalue weighted by Crippen LogP contribution is -2.45. The molecule has 1 amide bonds. The highest BCUT2D eigenvalue weighted by atomic mass is 16.5. The molecule has 1 saturated carbocycles. The summed E-state index contributed by atoms with van der Waals surface area (Å²) in [5.41, 5.74) is 0. The molecular weight excluding hydrogens is 218 g/mol. The van der Waals surface area contributed by atoms with Crippen LogP contribution in [-0.2, 0) is 9.53 Å². The molecule has 0 aromatic heterocycles. The number of hydrogen-bond donors (Lipinski definition) is 1. The van der Waals surface area contributed by atoms with Crippen LogP contribution in [0.25, 0.3) is 0 Å². The minimum absolute atomic E-state index is 0.126. The van der Waals surface area contributed by atoms with Gasteiger partial charge in [0.15, 0.2) is 0 Å². The molecule has 0 aromatic carbocycles. The molecule has 2 atom stereocenters. The molecule has 2 aliphatic rings. The molecule has 2 unspecified atom stereocenters. The highest BCUT2D eigenvalue weighted by Crippen LogP contribution is 2.28. The van der Waals surface area contributed by atoms with Crippen molar-refractivity contribution in [2.75, 3.05) is 20.2 Å².